The SMILES string of the molecule is CCCc1nc(NC)cc(Oc2ccc(C#N)cc2)n1. The molecular formula is C15H16N4O. The summed E-state index contributed by atoms with van der Waals surface area (Å²) in [6, 6.07) is 10.7. The molecule has 0 amide bonds. The van der Waals surface area contributed by atoms with Gasteiger partial charge in [-0.15, -0.1) is 0 Å². The summed E-state index contributed by atoms with van der Waals surface area (Å²) < 4.78 is 5.71. The molecule has 2 aromatic rings. The predicted octanol–water partition coefficient (Wildman–Crippen LogP) is 3.13. The normalized spacial score (nSPS) is 9.85. The molecular weight excluding hydrogens is 252 g/mol. The number of benzene rings is 1. The molecule has 1 N–H and O–H groups in total. The first kappa shape index (κ1) is 13.8. The second kappa shape index (κ2) is 6.53. The third kappa shape index (κ3) is 3.45. The summed E-state index contributed by atoms with van der Waals surface area (Å²) in [5.74, 6) is 2.62. The lowest BCUT2D eigenvalue weighted by Crippen LogP contribution is -2.01. The Kier molecular flexibility index (Phi) is 4.51. The first-order valence-electron chi connectivity index (χ1n) is 6.49. The molecule has 0 aliphatic rings. The van der Waals surface area contributed by atoms with Crippen LogP contribution in [-0.2, 0) is 6.42 Å². The van der Waals surface area contributed by atoms with E-state index in [0.29, 0.717) is 17.2 Å². The van der Waals surface area contributed by atoms with Crippen LogP contribution in [0.15, 0.2) is 30.3 Å². The first-order chi connectivity index (χ1) is 9.75. The van der Waals surface area contributed by atoms with E-state index >= 15 is 0 Å². The molecule has 2 rings (SSSR count). The van der Waals surface area contributed by atoms with Crippen LogP contribution in [0.5, 0.6) is 11.6 Å². The van der Waals surface area contributed by atoms with Gasteiger partial charge in [0.25, 0.3) is 0 Å². The van der Waals surface area contributed by atoms with Crippen LogP contribution in [0.25, 0.3) is 0 Å². The molecule has 5 heteroatoms. The van der Waals surface area contributed by atoms with Crippen LogP contribution < -0.4 is 10.1 Å². The summed E-state index contributed by atoms with van der Waals surface area (Å²) in [7, 11) is 1.81. The van der Waals surface area contributed by atoms with Crippen molar-refractivity contribution in [2.45, 2.75) is 19.8 Å². The van der Waals surface area contributed by atoms with E-state index in [1.807, 2.05) is 7.05 Å². The summed E-state index contributed by atoms with van der Waals surface area (Å²) in [6.07, 6.45) is 1.78. The minimum absolute atomic E-state index is 0.498. The van der Waals surface area contributed by atoms with Gasteiger partial charge in [-0.1, -0.05) is 6.92 Å². The standard InChI is InChI=1S/C15H16N4O/c1-3-4-13-18-14(17-2)9-15(19-13)20-12-7-5-11(10-16)6-8-12/h5-9H,3-4H2,1-2H3,(H,17,18,19). The Bertz CT molecular complexity index is 617. The number of hydrogen-bond donors (Lipinski definition) is 1. The molecule has 1 aromatic carbocycles. The maximum atomic E-state index is 8.76. The highest BCUT2D eigenvalue weighted by atomic mass is 16.5. The quantitative estimate of drug-likeness (QED) is 0.902. The highest BCUT2D eigenvalue weighted by molar-refractivity contribution is 5.40. The molecule has 102 valence electrons. The fourth-order valence-electron chi connectivity index (χ4n) is 1.71. The van der Waals surface area contributed by atoms with Crippen molar-refractivity contribution in [2.75, 3.05) is 12.4 Å². The average Bonchev–Trinajstić information content (AvgIpc) is 2.48. The Morgan fingerprint density at radius 3 is 2.60 bits per heavy atom. The lowest BCUT2D eigenvalue weighted by atomic mass is 10.2. The van der Waals surface area contributed by atoms with E-state index in [1.165, 1.54) is 0 Å². The fourth-order valence-corrected chi connectivity index (χ4v) is 1.71. The van der Waals surface area contributed by atoms with Crippen LogP contribution >= 0.6 is 0 Å². The number of rotatable bonds is 5. The summed E-state index contributed by atoms with van der Waals surface area (Å²) >= 11 is 0. The van der Waals surface area contributed by atoms with Gasteiger partial charge in [0, 0.05) is 19.5 Å². The monoisotopic (exact) mass is 268 g/mol. The lowest BCUT2D eigenvalue weighted by Gasteiger charge is -2.08. The van der Waals surface area contributed by atoms with Gasteiger partial charge in [-0.25, -0.2) is 4.98 Å². The number of aromatic nitrogens is 2. The van der Waals surface area contributed by atoms with E-state index in [2.05, 4.69) is 28.3 Å². The number of nitriles is 1. The minimum Gasteiger partial charge on any atom is -0.439 e. The Balaban J connectivity index is 2.22. The van der Waals surface area contributed by atoms with Gasteiger partial charge < -0.3 is 10.1 Å². The third-order valence-corrected chi connectivity index (χ3v) is 2.68. The number of nitrogens with zero attached hydrogens (tertiary/aromatic N) is 3. The molecule has 0 atom stereocenters. The van der Waals surface area contributed by atoms with Gasteiger partial charge >= 0.3 is 0 Å². The maximum absolute atomic E-state index is 8.76. The maximum Gasteiger partial charge on any atom is 0.224 e. The van der Waals surface area contributed by atoms with Gasteiger partial charge in [0.2, 0.25) is 5.88 Å². The number of anilines is 1. The van der Waals surface area contributed by atoms with Crippen molar-refractivity contribution in [3.05, 3.63) is 41.7 Å². The van der Waals surface area contributed by atoms with Crippen molar-refractivity contribution in [2.24, 2.45) is 0 Å². The highest BCUT2D eigenvalue weighted by Crippen LogP contribution is 2.22. The van der Waals surface area contributed by atoms with Crippen molar-refractivity contribution in [3.63, 3.8) is 0 Å². The molecule has 20 heavy (non-hydrogen) atoms. The van der Waals surface area contributed by atoms with E-state index in [0.717, 1.165) is 24.5 Å². The summed E-state index contributed by atoms with van der Waals surface area (Å²) in [5.41, 5.74) is 0.600. The summed E-state index contributed by atoms with van der Waals surface area (Å²) in [4.78, 5) is 8.74. The predicted molar refractivity (Wildman–Crippen MR) is 76.8 cm³/mol. The highest BCUT2D eigenvalue weighted by Gasteiger charge is 2.05. The zero-order valence-electron chi connectivity index (χ0n) is 11.6. The number of hydrogen-bond acceptors (Lipinski definition) is 5. The Labute approximate surface area is 118 Å². The Hall–Kier alpha value is -2.61. The van der Waals surface area contributed by atoms with E-state index in [4.69, 9.17) is 10.00 Å². The molecule has 5 nitrogen and oxygen atoms in total. The van der Waals surface area contributed by atoms with E-state index < -0.39 is 0 Å². The van der Waals surface area contributed by atoms with Gasteiger partial charge in [-0.05, 0) is 30.7 Å². The summed E-state index contributed by atoms with van der Waals surface area (Å²) in [6.45, 7) is 2.08. The first-order valence-corrected chi connectivity index (χ1v) is 6.49. The van der Waals surface area contributed by atoms with Crippen molar-refractivity contribution < 1.29 is 4.74 Å². The molecule has 0 saturated heterocycles. The summed E-state index contributed by atoms with van der Waals surface area (Å²) in [5, 5.41) is 11.8. The van der Waals surface area contributed by atoms with Crippen LogP contribution in [-0.4, -0.2) is 17.0 Å². The van der Waals surface area contributed by atoms with E-state index in [9.17, 15) is 0 Å². The van der Waals surface area contributed by atoms with Crippen LogP contribution in [0.3, 0.4) is 0 Å². The zero-order chi connectivity index (χ0) is 14.4. The van der Waals surface area contributed by atoms with Crippen molar-refractivity contribution in [1.82, 2.24) is 9.97 Å². The molecule has 1 aromatic heterocycles. The average molecular weight is 268 g/mol. The molecule has 0 radical (unpaired) electrons. The smallest absolute Gasteiger partial charge is 0.224 e. The molecule has 1 heterocycles. The van der Waals surface area contributed by atoms with Gasteiger partial charge in [0.1, 0.15) is 17.4 Å². The molecule has 0 aliphatic heterocycles. The largest absolute Gasteiger partial charge is 0.439 e. The van der Waals surface area contributed by atoms with Crippen LogP contribution in [0.1, 0.15) is 24.7 Å². The van der Waals surface area contributed by atoms with Crippen molar-refractivity contribution in [1.29, 1.82) is 5.26 Å². The van der Waals surface area contributed by atoms with Crippen LogP contribution in [0, 0.1) is 11.3 Å². The molecule has 0 bridgehead atoms. The van der Waals surface area contributed by atoms with E-state index in [1.54, 1.807) is 30.3 Å². The Morgan fingerprint density at radius 1 is 1.25 bits per heavy atom. The van der Waals surface area contributed by atoms with Gasteiger partial charge in [-0.3, -0.25) is 0 Å². The molecule has 0 saturated carbocycles. The molecule has 0 fully saturated rings. The number of aryl methyl sites for hydroxylation is 1. The molecule has 0 unspecified atom stereocenters. The number of nitrogens with one attached hydrogen (secondary N) is 1. The molecule has 0 aliphatic carbocycles. The number of ether oxygens (including phenoxy) is 1. The van der Waals surface area contributed by atoms with Crippen molar-refractivity contribution in [3.8, 4) is 17.7 Å². The van der Waals surface area contributed by atoms with Crippen LogP contribution in [0.4, 0.5) is 5.82 Å². The lowest BCUT2D eigenvalue weighted by molar-refractivity contribution is 0.458. The molecule has 0 spiro atoms. The second-order valence-electron chi connectivity index (χ2n) is 4.25. The van der Waals surface area contributed by atoms with Crippen LogP contribution in [0.2, 0.25) is 0 Å². The van der Waals surface area contributed by atoms with Gasteiger partial charge in [-0.2, -0.15) is 10.2 Å². The zero-order valence-corrected chi connectivity index (χ0v) is 11.6. The van der Waals surface area contributed by atoms with Crippen molar-refractivity contribution >= 4 is 5.82 Å². The Morgan fingerprint density at radius 2 is 2.00 bits per heavy atom. The van der Waals surface area contributed by atoms with Gasteiger partial charge in [0.05, 0.1) is 11.6 Å². The second-order valence-corrected chi connectivity index (χ2v) is 4.25. The van der Waals surface area contributed by atoms with E-state index in [-0.39, 0.29) is 0 Å². The fraction of sp³-hybridized carbons (Fsp3) is 0.267. The minimum atomic E-state index is 0.498. The third-order valence-electron chi connectivity index (χ3n) is 2.68. The van der Waals surface area contributed by atoms with Gasteiger partial charge in [0.15, 0.2) is 0 Å². The topological polar surface area (TPSA) is 70.8 Å².